The number of rotatable bonds is 14. The summed E-state index contributed by atoms with van der Waals surface area (Å²) in [5.74, 6) is 8.77. The van der Waals surface area contributed by atoms with Crippen molar-refractivity contribution in [2.75, 3.05) is 0 Å². The molecule has 0 amide bonds. The van der Waals surface area contributed by atoms with Gasteiger partial charge in [0.2, 0.25) is 0 Å². The van der Waals surface area contributed by atoms with Crippen LogP contribution in [-0.4, -0.2) is 35.3 Å². The van der Waals surface area contributed by atoms with Gasteiger partial charge in [-0.25, -0.2) is 9.97 Å². The molecule has 0 saturated carbocycles. The molecule has 0 fully saturated rings. The largest absolute Gasteiger partial charge is 0.354 e. The number of fused-ring (bicyclic) bond motifs is 8. The SMILES string of the molecule is CC(=O)SCc1ccc(C(c2ccc(C#Cc3ccc(-c4c5nc(c(-c6c(C)cc(C)cc6C)c6ccc([nH]6)c(-c6c(C)cc(C)cc6C)c6nc(c(-c7c(C)cc(C)cc7C)c7ccc4[nH]7)C=C6)C=C5)cc3)cc2)(c2ccc(CSC(C)=O)cc2)c2ccc(CSC(C)=O)cc2)cc1. The maximum atomic E-state index is 12.1. The summed E-state index contributed by atoms with van der Waals surface area (Å²) < 4.78 is 0. The molecule has 11 aromatic rings. The zero-order chi connectivity index (χ0) is 69.4. The molecule has 10 heteroatoms. The average Bonchev–Trinajstić information content (AvgIpc) is 1.25. The number of hydrogen-bond donors (Lipinski definition) is 2. The van der Waals surface area contributed by atoms with Crippen LogP contribution in [0.15, 0.2) is 182 Å². The molecular weight excluding hydrogens is 1270 g/mol. The lowest BCUT2D eigenvalue weighted by molar-refractivity contribution is -0.109. The van der Waals surface area contributed by atoms with E-state index < -0.39 is 5.41 Å². The van der Waals surface area contributed by atoms with E-state index >= 15 is 0 Å². The molecule has 2 N–H and O–H groups in total. The van der Waals surface area contributed by atoms with Gasteiger partial charge in [-0.2, -0.15) is 0 Å². The van der Waals surface area contributed by atoms with Gasteiger partial charge in [0.15, 0.2) is 15.3 Å². The van der Waals surface area contributed by atoms with Crippen LogP contribution in [-0.2, 0) is 37.1 Å². The van der Waals surface area contributed by atoms with Crippen LogP contribution in [0.5, 0.6) is 0 Å². The van der Waals surface area contributed by atoms with Crippen molar-refractivity contribution in [2.45, 2.75) is 106 Å². The predicted molar refractivity (Wildman–Crippen MR) is 420 cm³/mol. The van der Waals surface area contributed by atoms with Crippen LogP contribution in [0, 0.1) is 74.2 Å². The summed E-state index contributed by atoms with van der Waals surface area (Å²) in [6, 6.07) is 65.4. The third-order valence-electron chi connectivity index (χ3n) is 18.9. The second kappa shape index (κ2) is 28.4. The van der Waals surface area contributed by atoms with Crippen LogP contribution >= 0.6 is 35.3 Å². The minimum absolute atomic E-state index is 0.0736. The van der Waals surface area contributed by atoms with Gasteiger partial charge >= 0.3 is 0 Å². The van der Waals surface area contributed by atoms with Crippen LogP contribution in [0.25, 0.3) is 90.9 Å². The normalized spacial score (nSPS) is 11.8. The summed E-state index contributed by atoms with van der Waals surface area (Å²) in [5.41, 5.74) is 34.8. The van der Waals surface area contributed by atoms with Gasteiger partial charge < -0.3 is 9.97 Å². The Morgan fingerprint density at radius 3 is 0.869 bits per heavy atom. The van der Waals surface area contributed by atoms with Gasteiger partial charge in [0.25, 0.3) is 0 Å². The molecule has 2 aliphatic heterocycles. The summed E-state index contributed by atoms with van der Waals surface area (Å²) >= 11 is 3.90. The molecule has 8 aromatic carbocycles. The summed E-state index contributed by atoms with van der Waals surface area (Å²) in [5, 5.41) is 0.221. The van der Waals surface area contributed by atoms with Crippen molar-refractivity contribution in [1.82, 2.24) is 19.9 Å². The molecular formula is C89H78N4O3S3. The van der Waals surface area contributed by atoms with E-state index in [0.717, 1.165) is 139 Å². The number of thioether (sulfide) groups is 3. The van der Waals surface area contributed by atoms with Crippen LogP contribution in [0.2, 0.25) is 0 Å². The quantitative estimate of drug-likeness (QED) is 0.0819. The monoisotopic (exact) mass is 1350 g/mol. The van der Waals surface area contributed by atoms with Gasteiger partial charge in [-0.05, 0) is 230 Å². The Labute approximate surface area is 594 Å². The van der Waals surface area contributed by atoms with Gasteiger partial charge in [-0.3, -0.25) is 14.4 Å². The zero-order valence-electron chi connectivity index (χ0n) is 58.1. The van der Waals surface area contributed by atoms with E-state index in [0.29, 0.717) is 17.3 Å². The van der Waals surface area contributed by atoms with Crippen LogP contribution in [0.1, 0.15) is 144 Å². The van der Waals surface area contributed by atoms with Gasteiger partial charge in [0, 0.05) is 93.5 Å². The fourth-order valence-corrected chi connectivity index (χ4v) is 16.5. The van der Waals surface area contributed by atoms with Gasteiger partial charge in [0.05, 0.1) is 28.2 Å². The Morgan fingerprint density at radius 1 is 0.333 bits per heavy atom. The molecule has 2 aliphatic rings. The van der Waals surface area contributed by atoms with Crippen LogP contribution < -0.4 is 0 Å². The van der Waals surface area contributed by atoms with Crippen molar-refractivity contribution >= 4 is 97.0 Å². The highest BCUT2D eigenvalue weighted by molar-refractivity contribution is 8.13. The lowest BCUT2D eigenvalue weighted by Gasteiger charge is -2.37. The van der Waals surface area contributed by atoms with Gasteiger partial charge in [-0.1, -0.05) is 197 Å². The first-order valence-electron chi connectivity index (χ1n) is 33.5. The topological polar surface area (TPSA) is 109 Å². The molecule has 0 spiro atoms. The first-order valence-corrected chi connectivity index (χ1v) is 36.5. The van der Waals surface area contributed by atoms with Gasteiger partial charge in [-0.15, -0.1) is 0 Å². The number of nitrogens with one attached hydrogen (secondary N) is 2. The second-order valence-electron chi connectivity index (χ2n) is 26.4. The molecule has 7 nitrogen and oxygen atoms in total. The number of benzene rings is 8. The number of H-pyrrole nitrogens is 2. The van der Waals surface area contributed by atoms with Crippen LogP contribution in [0.3, 0.4) is 0 Å². The zero-order valence-corrected chi connectivity index (χ0v) is 60.5. The molecule has 0 aliphatic carbocycles. The summed E-state index contributed by atoms with van der Waals surface area (Å²) in [6.07, 6.45) is 8.73. The number of carbonyl (C=O) groups excluding carboxylic acids is 3. The van der Waals surface area contributed by atoms with E-state index in [4.69, 9.17) is 9.97 Å². The number of carbonyl (C=O) groups is 3. The Balaban J connectivity index is 0.963. The van der Waals surface area contributed by atoms with E-state index in [-0.39, 0.29) is 15.3 Å². The maximum Gasteiger partial charge on any atom is 0.186 e. The predicted octanol–water partition coefficient (Wildman–Crippen LogP) is 22.2. The van der Waals surface area contributed by atoms with Gasteiger partial charge in [0.1, 0.15) is 0 Å². The van der Waals surface area contributed by atoms with Crippen LogP contribution in [0.4, 0.5) is 0 Å². The Kier molecular flexibility index (Phi) is 19.4. The highest BCUT2D eigenvalue weighted by atomic mass is 32.2. The number of aryl methyl sites for hydroxylation is 9. The smallest absolute Gasteiger partial charge is 0.186 e. The van der Waals surface area contributed by atoms with Crippen molar-refractivity contribution in [3.8, 4) is 56.3 Å². The van der Waals surface area contributed by atoms with E-state index in [2.05, 4.69) is 290 Å². The molecule has 99 heavy (non-hydrogen) atoms. The molecule has 13 rings (SSSR count). The molecule has 0 radical (unpaired) electrons. The van der Waals surface area contributed by atoms with E-state index in [9.17, 15) is 14.4 Å². The number of aromatic nitrogens is 4. The minimum Gasteiger partial charge on any atom is -0.354 e. The number of nitrogens with zero attached hydrogens (tertiary/aromatic N) is 2. The lowest BCUT2D eigenvalue weighted by atomic mass is 9.65. The summed E-state index contributed by atoms with van der Waals surface area (Å²) in [6.45, 7) is 24.5. The lowest BCUT2D eigenvalue weighted by Crippen LogP contribution is -2.31. The first kappa shape index (κ1) is 67.5. The fraction of sp³-hybridized carbons (Fsp3) is 0.180. The molecule has 0 atom stereocenters. The molecule has 3 aromatic heterocycles. The third kappa shape index (κ3) is 13.9. The van der Waals surface area contributed by atoms with Crippen molar-refractivity contribution < 1.29 is 14.4 Å². The average molecular weight is 1350 g/mol. The van der Waals surface area contributed by atoms with E-state index in [1.165, 1.54) is 85.4 Å². The molecule has 0 saturated heterocycles. The molecule has 5 heterocycles. The van der Waals surface area contributed by atoms with Crippen molar-refractivity contribution in [2.24, 2.45) is 0 Å². The maximum absolute atomic E-state index is 12.1. The highest BCUT2D eigenvalue weighted by Gasteiger charge is 2.39. The highest BCUT2D eigenvalue weighted by Crippen LogP contribution is 2.47. The van der Waals surface area contributed by atoms with Crippen molar-refractivity contribution in [1.29, 1.82) is 0 Å². The second-order valence-corrected chi connectivity index (χ2v) is 29.9. The third-order valence-corrected chi connectivity index (χ3v) is 21.5. The Morgan fingerprint density at radius 2 is 0.586 bits per heavy atom. The number of hydrogen-bond acceptors (Lipinski definition) is 8. The molecule has 0 unspecified atom stereocenters. The van der Waals surface area contributed by atoms with Crippen molar-refractivity contribution in [3.05, 3.63) is 305 Å². The Hall–Kier alpha value is -10.0. The molecule has 8 bridgehead atoms. The molecule has 490 valence electrons. The Bertz CT molecular complexity index is 5090. The first-order chi connectivity index (χ1) is 47.7. The summed E-state index contributed by atoms with van der Waals surface area (Å²) in [4.78, 5) is 55.6. The fourth-order valence-electron chi connectivity index (χ4n) is 14.8. The standard InChI is InChI=1S/C89H78N4O3S3/c1-52-43-55(4)82(56(5)44-52)86-76-37-35-74(90-76)85(75-36-38-77(91-75)87(83-57(6)45-53(2)46-58(83)7)79-40-42-81(93-79)88(80-41-39-78(86)92-80)84-59(8)47-54(3)48-60(84)9)69-25-15-64(16-26-69)13-14-65-17-27-70(28-18-65)89(71-29-19-66(20-30-71)49-97-61(10)94,72-31-21-67(22-32-72)50-98-62(11)95)73-33-23-68(24-34-73)51-99-63(12)96/h15-48,90,93H,49-51H2,1-12H3. The van der Waals surface area contributed by atoms with E-state index in [1.807, 2.05) is 0 Å². The minimum atomic E-state index is -0.805. The summed E-state index contributed by atoms with van der Waals surface area (Å²) in [7, 11) is 0. The van der Waals surface area contributed by atoms with Crippen molar-refractivity contribution in [3.63, 3.8) is 0 Å². The van der Waals surface area contributed by atoms with E-state index in [1.54, 1.807) is 20.8 Å². The number of aromatic amines is 2.